The van der Waals surface area contributed by atoms with E-state index in [1.165, 1.54) is 11.1 Å². The van der Waals surface area contributed by atoms with Crippen LogP contribution in [0, 0.1) is 6.92 Å². The van der Waals surface area contributed by atoms with Crippen molar-refractivity contribution >= 4 is 11.0 Å². The Morgan fingerprint density at radius 1 is 1.09 bits per heavy atom. The monoisotopic (exact) mass is 309 g/mol. The molecule has 0 radical (unpaired) electrons. The standard InChI is InChI=1S/C18H19N3O2/c1-12-2-4-13(5-3-12)11-21-15-9-17-16(22-6-7-23-17)8-14(15)20-18(21)10-19/h2-5,8-9H,6-7,10-11,19H2,1H3. The molecule has 23 heavy (non-hydrogen) atoms. The Bertz CT molecular complexity index is 853. The van der Waals surface area contributed by atoms with E-state index in [2.05, 4.69) is 40.7 Å². The highest BCUT2D eigenvalue weighted by atomic mass is 16.6. The molecule has 5 heteroatoms. The van der Waals surface area contributed by atoms with Crippen molar-refractivity contribution in [1.82, 2.24) is 9.55 Å². The molecule has 0 unspecified atom stereocenters. The van der Waals surface area contributed by atoms with Gasteiger partial charge in [0.25, 0.3) is 0 Å². The zero-order valence-corrected chi connectivity index (χ0v) is 13.1. The molecule has 4 rings (SSSR count). The van der Waals surface area contributed by atoms with Crippen LogP contribution in [0.25, 0.3) is 11.0 Å². The summed E-state index contributed by atoms with van der Waals surface area (Å²) in [7, 11) is 0. The van der Waals surface area contributed by atoms with Crippen LogP contribution in [0.5, 0.6) is 11.5 Å². The normalized spacial score (nSPS) is 13.5. The molecule has 2 heterocycles. The van der Waals surface area contributed by atoms with E-state index in [0.717, 1.165) is 34.9 Å². The number of imidazole rings is 1. The second kappa shape index (κ2) is 5.59. The molecule has 0 aliphatic carbocycles. The molecule has 0 spiro atoms. The molecule has 0 bridgehead atoms. The first-order valence-corrected chi connectivity index (χ1v) is 7.79. The van der Waals surface area contributed by atoms with E-state index in [4.69, 9.17) is 15.2 Å². The number of benzene rings is 2. The summed E-state index contributed by atoms with van der Waals surface area (Å²) in [6.45, 7) is 4.38. The average Bonchev–Trinajstić information content (AvgIpc) is 2.91. The quantitative estimate of drug-likeness (QED) is 0.808. The van der Waals surface area contributed by atoms with Gasteiger partial charge in [0.05, 0.1) is 17.6 Å². The minimum atomic E-state index is 0.396. The first-order valence-electron chi connectivity index (χ1n) is 7.79. The summed E-state index contributed by atoms with van der Waals surface area (Å²) in [5, 5.41) is 0. The van der Waals surface area contributed by atoms with Gasteiger partial charge < -0.3 is 19.8 Å². The molecular weight excluding hydrogens is 290 g/mol. The molecule has 118 valence electrons. The van der Waals surface area contributed by atoms with Crippen LogP contribution in [0.1, 0.15) is 17.0 Å². The molecule has 1 aliphatic rings. The molecule has 1 aromatic heterocycles. The van der Waals surface area contributed by atoms with Crippen LogP contribution in [0.2, 0.25) is 0 Å². The third kappa shape index (κ3) is 2.53. The van der Waals surface area contributed by atoms with Gasteiger partial charge >= 0.3 is 0 Å². The van der Waals surface area contributed by atoms with Crippen LogP contribution in [0.15, 0.2) is 36.4 Å². The number of rotatable bonds is 3. The van der Waals surface area contributed by atoms with Crippen molar-refractivity contribution in [2.24, 2.45) is 5.73 Å². The van der Waals surface area contributed by atoms with Gasteiger partial charge in [-0.05, 0) is 12.5 Å². The molecule has 0 saturated heterocycles. The van der Waals surface area contributed by atoms with Gasteiger partial charge in [0, 0.05) is 18.7 Å². The number of fused-ring (bicyclic) bond motifs is 2. The van der Waals surface area contributed by atoms with Crippen LogP contribution in [-0.4, -0.2) is 22.8 Å². The van der Waals surface area contributed by atoms with E-state index in [0.29, 0.717) is 19.8 Å². The maximum atomic E-state index is 5.90. The fourth-order valence-corrected chi connectivity index (χ4v) is 2.92. The zero-order valence-electron chi connectivity index (χ0n) is 13.1. The van der Waals surface area contributed by atoms with Gasteiger partial charge in [-0.2, -0.15) is 0 Å². The fraction of sp³-hybridized carbons (Fsp3) is 0.278. The van der Waals surface area contributed by atoms with Gasteiger partial charge in [-0.1, -0.05) is 29.8 Å². The Labute approximate surface area is 134 Å². The lowest BCUT2D eigenvalue weighted by Gasteiger charge is -2.18. The van der Waals surface area contributed by atoms with Crippen molar-refractivity contribution in [1.29, 1.82) is 0 Å². The first-order chi connectivity index (χ1) is 11.2. The first kappa shape index (κ1) is 14.1. The summed E-state index contributed by atoms with van der Waals surface area (Å²) in [4.78, 5) is 4.66. The summed E-state index contributed by atoms with van der Waals surface area (Å²) in [5.74, 6) is 2.40. The van der Waals surface area contributed by atoms with E-state index in [1.54, 1.807) is 0 Å². The van der Waals surface area contributed by atoms with Crippen molar-refractivity contribution in [3.63, 3.8) is 0 Å². The number of nitrogens with zero attached hydrogens (tertiary/aromatic N) is 2. The number of hydrogen-bond acceptors (Lipinski definition) is 4. The van der Waals surface area contributed by atoms with Crippen molar-refractivity contribution in [3.05, 3.63) is 53.3 Å². The van der Waals surface area contributed by atoms with Crippen LogP contribution in [-0.2, 0) is 13.1 Å². The molecule has 0 fully saturated rings. The van der Waals surface area contributed by atoms with Gasteiger partial charge in [-0.3, -0.25) is 0 Å². The third-order valence-corrected chi connectivity index (χ3v) is 4.14. The molecule has 0 saturated carbocycles. The lowest BCUT2D eigenvalue weighted by molar-refractivity contribution is 0.172. The lowest BCUT2D eigenvalue weighted by Crippen LogP contribution is -2.15. The summed E-state index contributed by atoms with van der Waals surface area (Å²) >= 11 is 0. The summed E-state index contributed by atoms with van der Waals surface area (Å²) < 4.78 is 13.5. The van der Waals surface area contributed by atoms with Gasteiger partial charge in [-0.15, -0.1) is 0 Å². The average molecular weight is 309 g/mol. The smallest absolute Gasteiger partial charge is 0.163 e. The molecule has 0 atom stereocenters. The topological polar surface area (TPSA) is 62.3 Å². The maximum absolute atomic E-state index is 5.90. The summed E-state index contributed by atoms with van der Waals surface area (Å²) in [5.41, 5.74) is 10.3. The van der Waals surface area contributed by atoms with Crippen molar-refractivity contribution in [2.45, 2.75) is 20.0 Å². The highest BCUT2D eigenvalue weighted by Gasteiger charge is 2.17. The Hall–Kier alpha value is -2.53. The summed E-state index contributed by atoms with van der Waals surface area (Å²) in [6, 6.07) is 12.5. The zero-order chi connectivity index (χ0) is 15.8. The van der Waals surface area contributed by atoms with Crippen molar-refractivity contribution in [2.75, 3.05) is 13.2 Å². The Morgan fingerprint density at radius 3 is 2.48 bits per heavy atom. The van der Waals surface area contributed by atoms with E-state index in [-0.39, 0.29) is 0 Å². The largest absolute Gasteiger partial charge is 0.486 e. The molecule has 0 amide bonds. The van der Waals surface area contributed by atoms with Gasteiger partial charge in [-0.25, -0.2) is 4.98 Å². The van der Waals surface area contributed by atoms with Gasteiger partial charge in [0.15, 0.2) is 11.5 Å². The van der Waals surface area contributed by atoms with E-state index in [9.17, 15) is 0 Å². The van der Waals surface area contributed by atoms with Crippen LogP contribution in [0.4, 0.5) is 0 Å². The van der Waals surface area contributed by atoms with Crippen LogP contribution >= 0.6 is 0 Å². The molecule has 2 aromatic carbocycles. The Balaban J connectivity index is 1.81. The minimum Gasteiger partial charge on any atom is -0.486 e. The Morgan fingerprint density at radius 2 is 1.78 bits per heavy atom. The summed E-state index contributed by atoms with van der Waals surface area (Å²) in [6.07, 6.45) is 0. The van der Waals surface area contributed by atoms with Crippen LogP contribution < -0.4 is 15.2 Å². The number of hydrogen-bond donors (Lipinski definition) is 1. The molecule has 2 N–H and O–H groups in total. The van der Waals surface area contributed by atoms with E-state index < -0.39 is 0 Å². The van der Waals surface area contributed by atoms with E-state index in [1.807, 2.05) is 12.1 Å². The SMILES string of the molecule is Cc1ccc(Cn2c(CN)nc3cc4c(cc32)OCCO4)cc1. The van der Waals surface area contributed by atoms with E-state index >= 15 is 0 Å². The third-order valence-electron chi connectivity index (χ3n) is 4.14. The Kier molecular flexibility index (Phi) is 3.42. The van der Waals surface area contributed by atoms with Crippen molar-refractivity contribution < 1.29 is 9.47 Å². The fourth-order valence-electron chi connectivity index (χ4n) is 2.92. The molecule has 1 aliphatic heterocycles. The van der Waals surface area contributed by atoms with Crippen LogP contribution in [0.3, 0.4) is 0 Å². The predicted octanol–water partition coefficient (Wildman–Crippen LogP) is 2.62. The molecule has 3 aromatic rings. The minimum absolute atomic E-state index is 0.396. The number of nitrogens with two attached hydrogens (primary N) is 1. The highest BCUT2D eigenvalue weighted by molar-refractivity contribution is 5.81. The molecular formula is C18H19N3O2. The highest BCUT2D eigenvalue weighted by Crippen LogP contribution is 2.35. The number of aromatic nitrogens is 2. The second-order valence-corrected chi connectivity index (χ2v) is 5.79. The maximum Gasteiger partial charge on any atom is 0.163 e. The number of aryl methyl sites for hydroxylation is 1. The van der Waals surface area contributed by atoms with Gasteiger partial charge in [0.2, 0.25) is 0 Å². The van der Waals surface area contributed by atoms with Crippen molar-refractivity contribution in [3.8, 4) is 11.5 Å². The second-order valence-electron chi connectivity index (χ2n) is 5.79. The predicted molar refractivity (Wildman–Crippen MR) is 88.9 cm³/mol. The number of ether oxygens (including phenoxy) is 2. The molecule has 5 nitrogen and oxygen atoms in total. The lowest BCUT2D eigenvalue weighted by atomic mass is 10.1. The van der Waals surface area contributed by atoms with Gasteiger partial charge in [0.1, 0.15) is 19.0 Å².